The molecule has 0 aromatic heterocycles. The van der Waals surface area contributed by atoms with Gasteiger partial charge in [-0.15, -0.1) is 0 Å². The Hall–Kier alpha value is -1.68. The average Bonchev–Trinajstić information content (AvgIpc) is 2.43. The molecule has 1 aliphatic heterocycles. The van der Waals surface area contributed by atoms with Crippen molar-refractivity contribution in [3.05, 3.63) is 28.8 Å². The molecule has 1 atom stereocenters. The van der Waals surface area contributed by atoms with Crippen molar-refractivity contribution in [3.63, 3.8) is 0 Å². The Morgan fingerprint density at radius 2 is 1.94 bits per heavy atom. The highest BCUT2D eigenvalue weighted by Gasteiger charge is 2.37. The zero-order valence-corrected chi connectivity index (χ0v) is 10.2. The van der Waals surface area contributed by atoms with E-state index in [1.165, 1.54) is 4.90 Å². The van der Waals surface area contributed by atoms with Crippen LogP contribution in [0.1, 0.15) is 28.4 Å². The molecule has 17 heavy (non-hydrogen) atoms. The number of aliphatic hydroxyl groups is 1. The first-order chi connectivity index (χ1) is 7.91. The van der Waals surface area contributed by atoms with E-state index in [4.69, 9.17) is 0 Å². The van der Waals surface area contributed by atoms with Crippen molar-refractivity contribution in [2.45, 2.75) is 26.9 Å². The monoisotopic (exact) mass is 233 g/mol. The van der Waals surface area contributed by atoms with Gasteiger partial charge < -0.3 is 10.0 Å². The standard InChI is InChI=1S/C13H15NO3/c1-7-4-8(2)11-10(5-7)12(16)13(17)14(11)6-9(3)15/h4-5,9,15H,6H2,1-3H3. The fourth-order valence-electron chi connectivity index (χ4n) is 2.27. The van der Waals surface area contributed by atoms with Gasteiger partial charge in [-0.05, 0) is 38.0 Å². The fourth-order valence-corrected chi connectivity index (χ4v) is 2.27. The summed E-state index contributed by atoms with van der Waals surface area (Å²) in [5.41, 5.74) is 2.95. The second-order valence-corrected chi connectivity index (χ2v) is 4.57. The Labute approximate surface area is 99.9 Å². The number of amides is 1. The number of aryl methyl sites for hydroxylation is 2. The number of hydrogen-bond acceptors (Lipinski definition) is 3. The molecule has 0 bridgehead atoms. The molecule has 0 radical (unpaired) electrons. The first kappa shape index (κ1) is 11.8. The second-order valence-electron chi connectivity index (χ2n) is 4.57. The van der Waals surface area contributed by atoms with E-state index in [2.05, 4.69) is 0 Å². The highest BCUT2D eigenvalue weighted by molar-refractivity contribution is 6.52. The number of benzene rings is 1. The van der Waals surface area contributed by atoms with Gasteiger partial charge in [0.1, 0.15) is 0 Å². The smallest absolute Gasteiger partial charge is 0.299 e. The first-order valence-corrected chi connectivity index (χ1v) is 5.57. The Balaban J connectivity index is 2.56. The molecule has 1 N–H and O–H groups in total. The van der Waals surface area contributed by atoms with Crippen LogP contribution in [0.25, 0.3) is 0 Å². The molecular formula is C13H15NO3. The van der Waals surface area contributed by atoms with E-state index in [1.807, 2.05) is 19.9 Å². The summed E-state index contributed by atoms with van der Waals surface area (Å²) in [7, 11) is 0. The normalized spacial score (nSPS) is 16.4. The molecule has 0 fully saturated rings. The van der Waals surface area contributed by atoms with Gasteiger partial charge in [0, 0.05) is 0 Å². The molecule has 1 unspecified atom stereocenters. The number of hydrogen-bond donors (Lipinski definition) is 1. The molecule has 4 nitrogen and oxygen atoms in total. The lowest BCUT2D eigenvalue weighted by Gasteiger charge is -2.20. The van der Waals surface area contributed by atoms with Crippen LogP contribution in [0.2, 0.25) is 0 Å². The summed E-state index contributed by atoms with van der Waals surface area (Å²) in [6, 6.07) is 3.66. The average molecular weight is 233 g/mol. The zero-order valence-electron chi connectivity index (χ0n) is 10.2. The topological polar surface area (TPSA) is 57.6 Å². The minimum absolute atomic E-state index is 0.154. The van der Waals surface area contributed by atoms with Gasteiger partial charge in [-0.2, -0.15) is 0 Å². The van der Waals surface area contributed by atoms with Gasteiger partial charge >= 0.3 is 0 Å². The number of Topliss-reactive ketones (excluding diaryl/α,β-unsaturated/α-hetero) is 1. The molecule has 1 amide bonds. The van der Waals surface area contributed by atoms with Crippen LogP contribution < -0.4 is 4.90 Å². The molecule has 4 heteroatoms. The summed E-state index contributed by atoms with van der Waals surface area (Å²) in [6.45, 7) is 5.51. The van der Waals surface area contributed by atoms with Gasteiger partial charge in [0.05, 0.1) is 23.9 Å². The van der Waals surface area contributed by atoms with Gasteiger partial charge in [-0.25, -0.2) is 0 Å². The third-order valence-corrected chi connectivity index (χ3v) is 2.85. The van der Waals surface area contributed by atoms with Crippen molar-refractivity contribution in [1.29, 1.82) is 0 Å². The maximum Gasteiger partial charge on any atom is 0.299 e. The van der Waals surface area contributed by atoms with Gasteiger partial charge in [0.15, 0.2) is 0 Å². The molecule has 1 aliphatic rings. The van der Waals surface area contributed by atoms with Crippen LogP contribution in [-0.2, 0) is 4.79 Å². The SMILES string of the molecule is Cc1cc(C)c2c(c1)C(=O)C(=O)N2CC(C)O. The van der Waals surface area contributed by atoms with Crippen LogP contribution in [0.3, 0.4) is 0 Å². The van der Waals surface area contributed by atoms with Crippen LogP contribution in [0.15, 0.2) is 12.1 Å². The van der Waals surface area contributed by atoms with Gasteiger partial charge in [-0.1, -0.05) is 6.07 Å². The van der Waals surface area contributed by atoms with Crippen molar-refractivity contribution in [2.75, 3.05) is 11.4 Å². The number of β-amino-alcohol motifs (C(OH)–C–C–N with tert-alkyl or cyclic N) is 1. The summed E-state index contributed by atoms with van der Waals surface area (Å²) in [5, 5.41) is 9.38. The van der Waals surface area contributed by atoms with Crippen molar-refractivity contribution in [2.24, 2.45) is 0 Å². The summed E-state index contributed by atoms with van der Waals surface area (Å²) in [6.07, 6.45) is -0.654. The predicted octanol–water partition coefficient (Wildman–Crippen LogP) is 1.21. The van der Waals surface area contributed by atoms with E-state index in [9.17, 15) is 14.7 Å². The highest BCUT2D eigenvalue weighted by atomic mass is 16.3. The number of aliphatic hydroxyl groups excluding tert-OH is 1. The number of carbonyl (C=O) groups excluding carboxylic acids is 2. The van der Waals surface area contributed by atoms with Crippen molar-refractivity contribution < 1.29 is 14.7 Å². The number of rotatable bonds is 2. The Kier molecular flexibility index (Phi) is 2.75. The lowest BCUT2D eigenvalue weighted by molar-refractivity contribution is -0.114. The molecule has 90 valence electrons. The third kappa shape index (κ3) is 1.85. The van der Waals surface area contributed by atoms with Crippen molar-refractivity contribution in [1.82, 2.24) is 0 Å². The minimum Gasteiger partial charge on any atom is -0.392 e. The quantitative estimate of drug-likeness (QED) is 0.781. The molecule has 1 aromatic rings. The molecule has 1 heterocycles. The van der Waals surface area contributed by atoms with E-state index in [1.54, 1.807) is 13.0 Å². The number of carbonyl (C=O) groups is 2. The highest BCUT2D eigenvalue weighted by Crippen LogP contribution is 2.33. The zero-order chi connectivity index (χ0) is 12.7. The van der Waals surface area contributed by atoms with Gasteiger partial charge in [0.25, 0.3) is 11.7 Å². The van der Waals surface area contributed by atoms with Gasteiger partial charge in [-0.3, -0.25) is 9.59 Å². The third-order valence-electron chi connectivity index (χ3n) is 2.85. The lowest BCUT2D eigenvalue weighted by atomic mass is 10.0. The van der Waals surface area contributed by atoms with E-state index >= 15 is 0 Å². The van der Waals surface area contributed by atoms with Gasteiger partial charge in [0.2, 0.25) is 0 Å². The van der Waals surface area contributed by atoms with E-state index < -0.39 is 17.8 Å². The maximum atomic E-state index is 11.8. The maximum absolute atomic E-state index is 11.8. The molecule has 2 rings (SSSR count). The summed E-state index contributed by atoms with van der Waals surface area (Å²) in [5.74, 6) is -1.03. The fraction of sp³-hybridized carbons (Fsp3) is 0.385. The lowest BCUT2D eigenvalue weighted by Crippen LogP contribution is -2.35. The molecule has 0 spiro atoms. The molecule has 0 saturated heterocycles. The molecule has 0 aliphatic carbocycles. The van der Waals surface area contributed by atoms with Crippen LogP contribution in [0.5, 0.6) is 0 Å². The summed E-state index contributed by atoms with van der Waals surface area (Å²) < 4.78 is 0. The number of nitrogens with zero attached hydrogens (tertiary/aromatic N) is 1. The van der Waals surface area contributed by atoms with Crippen LogP contribution >= 0.6 is 0 Å². The second kappa shape index (κ2) is 3.96. The molecule has 0 saturated carbocycles. The number of fused-ring (bicyclic) bond motifs is 1. The Bertz CT molecular complexity index is 506. The Morgan fingerprint density at radius 3 is 2.53 bits per heavy atom. The van der Waals surface area contributed by atoms with Crippen LogP contribution in [-0.4, -0.2) is 29.4 Å². The minimum atomic E-state index is -0.654. The largest absolute Gasteiger partial charge is 0.392 e. The summed E-state index contributed by atoms with van der Waals surface area (Å²) in [4.78, 5) is 25.0. The molecule has 1 aromatic carbocycles. The first-order valence-electron chi connectivity index (χ1n) is 5.57. The van der Waals surface area contributed by atoms with Crippen LogP contribution in [0, 0.1) is 13.8 Å². The van der Waals surface area contributed by atoms with E-state index in [-0.39, 0.29) is 6.54 Å². The molecular weight excluding hydrogens is 218 g/mol. The van der Waals surface area contributed by atoms with Crippen LogP contribution in [0.4, 0.5) is 5.69 Å². The van der Waals surface area contributed by atoms with E-state index in [0.29, 0.717) is 11.3 Å². The van der Waals surface area contributed by atoms with E-state index in [0.717, 1.165) is 11.1 Å². The Morgan fingerprint density at radius 1 is 1.29 bits per heavy atom. The number of ketones is 1. The summed E-state index contributed by atoms with van der Waals surface area (Å²) >= 11 is 0. The van der Waals surface area contributed by atoms with Crippen molar-refractivity contribution >= 4 is 17.4 Å². The van der Waals surface area contributed by atoms with Crippen molar-refractivity contribution in [3.8, 4) is 0 Å². The predicted molar refractivity (Wildman–Crippen MR) is 64.3 cm³/mol. The number of anilines is 1.